The zero-order valence-electron chi connectivity index (χ0n) is 11.3. The molecule has 0 atom stereocenters. The summed E-state index contributed by atoms with van der Waals surface area (Å²) in [6.07, 6.45) is 0.695. The van der Waals surface area contributed by atoms with Crippen LogP contribution in [0.1, 0.15) is 21.5 Å². The van der Waals surface area contributed by atoms with Crippen molar-refractivity contribution in [3.63, 3.8) is 0 Å². The molecule has 0 heterocycles. The van der Waals surface area contributed by atoms with Crippen molar-refractivity contribution in [2.24, 2.45) is 0 Å². The van der Waals surface area contributed by atoms with E-state index in [2.05, 4.69) is 0 Å². The van der Waals surface area contributed by atoms with E-state index in [1.807, 2.05) is 6.07 Å². The summed E-state index contributed by atoms with van der Waals surface area (Å²) in [6.45, 7) is 0.255. The Bertz CT molecular complexity index is 707. The molecule has 2 rings (SSSR count). The Labute approximate surface area is 127 Å². The average molecular weight is 302 g/mol. The summed E-state index contributed by atoms with van der Waals surface area (Å²) < 4.78 is 10.8. The second-order valence-corrected chi connectivity index (χ2v) is 4.67. The van der Waals surface area contributed by atoms with E-state index in [0.717, 1.165) is 5.56 Å². The topological polar surface area (TPSA) is 59.3 Å². The van der Waals surface area contributed by atoms with Crippen LogP contribution in [0.5, 0.6) is 11.5 Å². The normalized spacial score (nSPS) is 9.76. The van der Waals surface area contributed by atoms with Crippen LogP contribution in [0.4, 0.5) is 0 Å². The van der Waals surface area contributed by atoms with Crippen molar-refractivity contribution in [2.45, 2.75) is 6.61 Å². The van der Waals surface area contributed by atoms with Gasteiger partial charge in [0.1, 0.15) is 24.2 Å². The maximum Gasteiger partial charge on any atom is 0.153 e. The highest BCUT2D eigenvalue weighted by Gasteiger charge is 2.07. The van der Waals surface area contributed by atoms with Crippen molar-refractivity contribution < 1.29 is 14.3 Å². The number of aldehydes is 1. The third-order valence-corrected chi connectivity index (χ3v) is 3.11. The molecule has 0 aromatic heterocycles. The van der Waals surface area contributed by atoms with E-state index >= 15 is 0 Å². The number of hydrogen-bond acceptors (Lipinski definition) is 4. The fraction of sp³-hybridized carbons (Fsp3) is 0.125. The van der Waals surface area contributed by atoms with Gasteiger partial charge in [0.25, 0.3) is 0 Å². The lowest BCUT2D eigenvalue weighted by Gasteiger charge is -2.10. The van der Waals surface area contributed by atoms with Gasteiger partial charge in [0.2, 0.25) is 0 Å². The van der Waals surface area contributed by atoms with Crippen LogP contribution in [0.25, 0.3) is 0 Å². The fourth-order valence-electron chi connectivity index (χ4n) is 1.82. The number of benzene rings is 2. The van der Waals surface area contributed by atoms with Crippen LogP contribution in [0.15, 0.2) is 36.4 Å². The van der Waals surface area contributed by atoms with Crippen LogP contribution >= 0.6 is 11.6 Å². The second kappa shape index (κ2) is 6.78. The molecule has 0 fully saturated rings. The van der Waals surface area contributed by atoms with E-state index in [9.17, 15) is 4.79 Å². The summed E-state index contributed by atoms with van der Waals surface area (Å²) >= 11 is 5.82. The number of hydrogen-bond donors (Lipinski definition) is 0. The molecule has 0 spiro atoms. The number of carbonyl (C=O) groups excluding carboxylic acids is 1. The van der Waals surface area contributed by atoms with Crippen molar-refractivity contribution in [3.8, 4) is 17.6 Å². The SMILES string of the molecule is COc1cc(COc2ccc(Cl)cc2C=O)ccc1C#N. The first kappa shape index (κ1) is 14.9. The molecule has 21 heavy (non-hydrogen) atoms. The van der Waals surface area contributed by atoms with Crippen LogP contribution in [-0.4, -0.2) is 13.4 Å². The average Bonchev–Trinajstić information content (AvgIpc) is 2.53. The van der Waals surface area contributed by atoms with Crippen LogP contribution < -0.4 is 9.47 Å². The summed E-state index contributed by atoms with van der Waals surface area (Å²) in [5, 5.41) is 9.41. The molecule has 5 heteroatoms. The Morgan fingerprint density at radius 1 is 1.24 bits per heavy atom. The van der Waals surface area contributed by atoms with Crippen molar-refractivity contribution in [1.29, 1.82) is 5.26 Å². The molecule has 2 aromatic carbocycles. The lowest BCUT2D eigenvalue weighted by molar-refractivity contribution is 0.111. The van der Waals surface area contributed by atoms with Gasteiger partial charge in [0.15, 0.2) is 6.29 Å². The van der Waals surface area contributed by atoms with Crippen molar-refractivity contribution in [3.05, 3.63) is 58.1 Å². The van der Waals surface area contributed by atoms with E-state index in [1.165, 1.54) is 7.11 Å². The maximum absolute atomic E-state index is 11.0. The van der Waals surface area contributed by atoms with Gasteiger partial charge in [-0.2, -0.15) is 5.26 Å². The fourth-order valence-corrected chi connectivity index (χ4v) is 2.00. The second-order valence-electron chi connectivity index (χ2n) is 4.24. The molecule has 0 bridgehead atoms. The first-order chi connectivity index (χ1) is 10.2. The van der Waals surface area contributed by atoms with E-state index in [-0.39, 0.29) is 6.61 Å². The molecule has 2 aromatic rings. The van der Waals surface area contributed by atoms with Crippen LogP contribution in [0.2, 0.25) is 5.02 Å². The Morgan fingerprint density at radius 3 is 2.71 bits per heavy atom. The van der Waals surface area contributed by atoms with E-state index in [1.54, 1.807) is 36.4 Å². The van der Waals surface area contributed by atoms with E-state index in [0.29, 0.717) is 33.9 Å². The van der Waals surface area contributed by atoms with Gasteiger partial charge < -0.3 is 9.47 Å². The summed E-state index contributed by atoms with van der Waals surface area (Å²) in [5.41, 5.74) is 1.68. The predicted octanol–water partition coefficient (Wildman–Crippen LogP) is 3.61. The minimum atomic E-state index is 0.255. The predicted molar refractivity (Wildman–Crippen MR) is 78.9 cm³/mol. The van der Waals surface area contributed by atoms with E-state index < -0.39 is 0 Å². The standard InChI is InChI=1S/C16H12ClNO3/c1-20-16-6-11(2-3-12(16)8-18)10-21-15-5-4-14(17)7-13(15)9-19/h2-7,9H,10H2,1H3. The molecule has 0 amide bonds. The molecule has 0 aliphatic rings. The largest absolute Gasteiger partial charge is 0.495 e. The highest BCUT2D eigenvalue weighted by atomic mass is 35.5. The minimum Gasteiger partial charge on any atom is -0.495 e. The van der Waals surface area contributed by atoms with Gasteiger partial charge in [0.05, 0.1) is 18.2 Å². The third-order valence-electron chi connectivity index (χ3n) is 2.88. The molecule has 0 N–H and O–H groups in total. The van der Waals surface area contributed by atoms with Crippen molar-refractivity contribution >= 4 is 17.9 Å². The van der Waals surface area contributed by atoms with E-state index in [4.69, 9.17) is 26.3 Å². The number of halogens is 1. The van der Waals surface area contributed by atoms with Gasteiger partial charge >= 0.3 is 0 Å². The molecule has 0 saturated heterocycles. The minimum absolute atomic E-state index is 0.255. The Kier molecular flexibility index (Phi) is 4.81. The van der Waals surface area contributed by atoms with Crippen LogP contribution in [-0.2, 0) is 6.61 Å². The molecule has 0 saturated carbocycles. The zero-order valence-corrected chi connectivity index (χ0v) is 12.1. The highest BCUT2D eigenvalue weighted by molar-refractivity contribution is 6.30. The number of carbonyl (C=O) groups is 1. The summed E-state index contributed by atoms with van der Waals surface area (Å²) in [6, 6.07) is 12.1. The molecule has 106 valence electrons. The van der Waals surface area contributed by atoms with Gasteiger partial charge in [0, 0.05) is 5.02 Å². The lowest BCUT2D eigenvalue weighted by atomic mass is 10.1. The first-order valence-corrected chi connectivity index (χ1v) is 6.50. The van der Waals surface area contributed by atoms with Crippen LogP contribution in [0.3, 0.4) is 0 Å². The number of ether oxygens (including phenoxy) is 2. The molecular weight excluding hydrogens is 290 g/mol. The smallest absolute Gasteiger partial charge is 0.153 e. The van der Waals surface area contributed by atoms with Gasteiger partial charge in [-0.25, -0.2) is 0 Å². The van der Waals surface area contributed by atoms with Crippen molar-refractivity contribution in [2.75, 3.05) is 7.11 Å². The Hall–Kier alpha value is -2.51. The van der Waals surface area contributed by atoms with Crippen LogP contribution in [0, 0.1) is 11.3 Å². The lowest BCUT2D eigenvalue weighted by Crippen LogP contribution is -1.99. The Balaban J connectivity index is 2.17. The molecule has 0 aliphatic carbocycles. The molecule has 0 unspecified atom stereocenters. The monoisotopic (exact) mass is 301 g/mol. The zero-order chi connectivity index (χ0) is 15.2. The van der Waals surface area contributed by atoms with Gasteiger partial charge in [-0.05, 0) is 35.9 Å². The third kappa shape index (κ3) is 3.53. The molecule has 0 aliphatic heterocycles. The van der Waals surface area contributed by atoms with Gasteiger partial charge in [-0.15, -0.1) is 0 Å². The van der Waals surface area contributed by atoms with Gasteiger partial charge in [-0.1, -0.05) is 17.7 Å². The highest BCUT2D eigenvalue weighted by Crippen LogP contribution is 2.24. The molecule has 4 nitrogen and oxygen atoms in total. The molecular formula is C16H12ClNO3. The quantitative estimate of drug-likeness (QED) is 0.792. The summed E-state index contributed by atoms with van der Waals surface area (Å²) in [5.74, 6) is 0.947. The number of nitriles is 1. The van der Waals surface area contributed by atoms with Crippen molar-refractivity contribution in [1.82, 2.24) is 0 Å². The number of methoxy groups -OCH3 is 1. The summed E-state index contributed by atoms with van der Waals surface area (Å²) in [4.78, 5) is 11.0. The first-order valence-electron chi connectivity index (χ1n) is 6.12. The van der Waals surface area contributed by atoms with Gasteiger partial charge in [-0.3, -0.25) is 4.79 Å². The number of nitrogens with zero attached hydrogens (tertiary/aromatic N) is 1. The Morgan fingerprint density at radius 2 is 2.05 bits per heavy atom. The number of rotatable bonds is 5. The summed E-state index contributed by atoms with van der Waals surface area (Å²) in [7, 11) is 1.50. The molecule has 0 radical (unpaired) electrons. The maximum atomic E-state index is 11.0.